The van der Waals surface area contributed by atoms with Crippen molar-refractivity contribution < 1.29 is 22.7 Å². The molecule has 29 heavy (non-hydrogen) atoms. The van der Waals surface area contributed by atoms with Crippen LogP contribution in [0.3, 0.4) is 0 Å². The molecule has 1 heterocycles. The Morgan fingerprint density at radius 1 is 1.21 bits per heavy atom. The lowest BCUT2D eigenvalue weighted by molar-refractivity contribution is -0.139. The van der Waals surface area contributed by atoms with Crippen molar-refractivity contribution >= 4 is 11.7 Å². The molecule has 158 valence electrons. The Morgan fingerprint density at radius 3 is 2.45 bits per heavy atom. The monoisotopic (exact) mass is 409 g/mol. The number of alkyl halides is 3. The van der Waals surface area contributed by atoms with E-state index >= 15 is 0 Å². The van der Waals surface area contributed by atoms with Crippen molar-refractivity contribution in [1.82, 2.24) is 4.98 Å². The smallest absolute Gasteiger partial charge is 0.419 e. The number of nitrogens with two attached hydrogens (primary N) is 1. The summed E-state index contributed by atoms with van der Waals surface area (Å²) >= 11 is 0. The lowest BCUT2D eigenvalue weighted by Gasteiger charge is -2.27. The highest BCUT2D eigenvalue weighted by molar-refractivity contribution is 5.88. The zero-order valence-corrected chi connectivity index (χ0v) is 16.9. The predicted molar refractivity (Wildman–Crippen MR) is 107 cm³/mol. The molecule has 1 aromatic carbocycles. The van der Waals surface area contributed by atoms with Gasteiger partial charge < -0.3 is 15.8 Å². The van der Waals surface area contributed by atoms with E-state index in [0.29, 0.717) is 23.5 Å². The summed E-state index contributed by atoms with van der Waals surface area (Å²) in [6.07, 6.45) is -2.55. The molecule has 3 N–H and O–H groups in total. The molecule has 0 spiro atoms. The van der Waals surface area contributed by atoms with E-state index in [1.54, 1.807) is 13.0 Å². The molecular formula is C21H26F3N3O2. The summed E-state index contributed by atoms with van der Waals surface area (Å²) in [5.74, 6) is -0.0301. The van der Waals surface area contributed by atoms with Gasteiger partial charge in [0.25, 0.3) is 0 Å². The van der Waals surface area contributed by atoms with E-state index in [2.05, 4.69) is 10.3 Å². The average Bonchev–Trinajstić information content (AvgIpc) is 2.57. The highest BCUT2D eigenvalue weighted by Crippen LogP contribution is 2.39. The van der Waals surface area contributed by atoms with Crippen LogP contribution < -0.4 is 15.8 Å². The van der Waals surface area contributed by atoms with E-state index in [1.807, 2.05) is 13.8 Å². The quantitative estimate of drug-likeness (QED) is 0.684. The number of nitrogens with zero attached hydrogens (tertiary/aromatic N) is 1. The largest absolute Gasteiger partial charge is 0.491 e. The van der Waals surface area contributed by atoms with Gasteiger partial charge in [-0.2, -0.15) is 13.2 Å². The summed E-state index contributed by atoms with van der Waals surface area (Å²) in [7, 11) is 0. The van der Waals surface area contributed by atoms with Gasteiger partial charge in [0.1, 0.15) is 18.2 Å². The minimum absolute atomic E-state index is 0.0322. The summed E-state index contributed by atoms with van der Waals surface area (Å²) < 4.78 is 46.4. The molecule has 0 bridgehead atoms. The van der Waals surface area contributed by atoms with Crippen LogP contribution in [0.5, 0.6) is 5.75 Å². The fourth-order valence-corrected chi connectivity index (χ4v) is 3.15. The number of aromatic nitrogens is 1. The first-order valence-corrected chi connectivity index (χ1v) is 9.24. The van der Waals surface area contributed by atoms with Gasteiger partial charge in [0, 0.05) is 18.7 Å². The van der Waals surface area contributed by atoms with Crippen LogP contribution in [0.25, 0.3) is 11.1 Å². The molecule has 0 aliphatic carbocycles. The highest BCUT2D eigenvalue weighted by atomic mass is 19.4. The molecule has 2 aromatic rings. The molecule has 0 radical (unpaired) electrons. The summed E-state index contributed by atoms with van der Waals surface area (Å²) in [6, 6.07) is 6.94. The topological polar surface area (TPSA) is 77.2 Å². The van der Waals surface area contributed by atoms with Gasteiger partial charge in [-0.3, -0.25) is 4.79 Å². The number of pyridine rings is 1. The predicted octanol–water partition coefficient (Wildman–Crippen LogP) is 4.87. The lowest BCUT2D eigenvalue weighted by atomic mass is 9.93. The first-order valence-electron chi connectivity index (χ1n) is 9.24. The number of anilines is 1. The molecule has 8 heteroatoms. The van der Waals surface area contributed by atoms with Gasteiger partial charge in [0.2, 0.25) is 5.91 Å². The standard InChI is InChI=1S/C21H26F3N3O2/c1-13(2)11-20(4,25)12-29-18-6-5-15(9-17(18)21(22,23)24)16-7-8-26-19(10-16)27-14(3)28/h5-10,13H,11-12,25H2,1-4H3,(H,26,27,28). The van der Waals surface area contributed by atoms with Crippen LogP contribution in [0.1, 0.15) is 39.7 Å². The summed E-state index contributed by atoms with van der Waals surface area (Å²) in [4.78, 5) is 15.2. The minimum atomic E-state index is -4.60. The SMILES string of the molecule is CC(=O)Nc1cc(-c2ccc(OCC(C)(N)CC(C)C)c(C(F)(F)F)c2)ccn1. The van der Waals surface area contributed by atoms with E-state index in [1.165, 1.54) is 31.3 Å². The van der Waals surface area contributed by atoms with Crippen molar-refractivity contribution in [1.29, 1.82) is 0 Å². The van der Waals surface area contributed by atoms with Crippen LogP contribution in [0.4, 0.5) is 19.0 Å². The van der Waals surface area contributed by atoms with Crippen molar-refractivity contribution in [2.45, 2.75) is 45.8 Å². The van der Waals surface area contributed by atoms with Gasteiger partial charge in [-0.15, -0.1) is 0 Å². The van der Waals surface area contributed by atoms with Crippen LogP contribution >= 0.6 is 0 Å². The molecule has 0 fully saturated rings. The third kappa shape index (κ3) is 6.74. The molecule has 0 saturated carbocycles. The van der Waals surface area contributed by atoms with E-state index in [-0.39, 0.29) is 24.1 Å². The van der Waals surface area contributed by atoms with Crippen molar-refractivity contribution in [3.8, 4) is 16.9 Å². The maximum atomic E-state index is 13.6. The Morgan fingerprint density at radius 2 is 1.86 bits per heavy atom. The van der Waals surface area contributed by atoms with E-state index in [9.17, 15) is 18.0 Å². The first kappa shape index (κ1) is 22.7. The van der Waals surface area contributed by atoms with Gasteiger partial charge in [-0.05, 0) is 54.7 Å². The maximum absolute atomic E-state index is 13.6. The Labute approximate surface area is 168 Å². The van der Waals surface area contributed by atoms with Gasteiger partial charge >= 0.3 is 6.18 Å². The summed E-state index contributed by atoms with van der Waals surface area (Å²) in [6.45, 7) is 7.04. The summed E-state index contributed by atoms with van der Waals surface area (Å²) in [5.41, 5.74) is 5.35. The second kappa shape index (κ2) is 8.82. The number of ether oxygens (including phenoxy) is 1. The molecule has 0 saturated heterocycles. The molecule has 2 rings (SSSR count). The van der Waals surface area contributed by atoms with Gasteiger partial charge in [0.05, 0.1) is 5.56 Å². The number of halogens is 3. The molecule has 0 aliphatic heterocycles. The van der Waals surface area contributed by atoms with Crippen molar-refractivity contribution in [3.63, 3.8) is 0 Å². The first-order chi connectivity index (χ1) is 13.4. The average molecular weight is 409 g/mol. The van der Waals surface area contributed by atoms with Crippen molar-refractivity contribution in [2.75, 3.05) is 11.9 Å². The molecular weight excluding hydrogens is 383 g/mol. The number of hydrogen-bond acceptors (Lipinski definition) is 4. The second-order valence-corrected chi connectivity index (χ2v) is 7.86. The fraction of sp³-hybridized carbons (Fsp3) is 0.429. The normalized spacial score (nSPS) is 13.8. The zero-order valence-electron chi connectivity index (χ0n) is 16.9. The van der Waals surface area contributed by atoms with Gasteiger partial charge in [-0.1, -0.05) is 19.9 Å². The summed E-state index contributed by atoms with van der Waals surface area (Å²) in [5, 5.41) is 2.51. The number of nitrogens with one attached hydrogen (secondary N) is 1. The number of hydrogen-bond donors (Lipinski definition) is 2. The van der Waals surface area contributed by atoms with E-state index < -0.39 is 17.3 Å². The van der Waals surface area contributed by atoms with Crippen LogP contribution in [0, 0.1) is 5.92 Å². The molecule has 1 unspecified atom stereocenters. The van der Waals surface area contributed by atoms with E-state index in [4.69, 9.17) is 10.5 Å². The van der Waals surface area contributed by atoms with Crippen LogP contribution in [-0.4, -0.2) is 23.0 Å². The zero-order chi connectivity index (χ0) is 21.8. The van der Waals surface area contributed by atoms with Gasteiger partial charge in [0.15, 0.2) is 0 Å². The number of carbonyl (C=O) groups is 1. The minimum Gasteiger partial charge on any atom is -0.491 e. The van der Waals surface area contributed by atoms with Crippen LogP contribution in [-0.2, 0) is 11.0 Å². The molecule has 0 aliphatic rings. The maximum Gasteiger partial charge on any atom is 0.419 e. The Bertz CT molecular complexity index is 864. The molecule has 5 nitrogen and oxygen atoms in total. The Hall–Kier alpha value is -2.61. The number of carbonyl (C=O) groups excluding carboxylic acids is 1. The third-order valence-corrected chi connectivity index (χ3v) is 4.11. The molecule has 1 aromatic heterocycles. The number of rotatable bonds is 7. The van der Waals surface area contributed by atoms with Crippen LogP contribution in [0.2, 0.25) is 0 Å². The number of benzene rings is 1. The van der Waals surface area contributed by atoms with E-state index in [0.717, 1.165) is 6.07 Å². The molecule has 1 atom stereocenters. The second-order valence-electron chi connectivity index (χ2n) is 7.86. The Kier molecular flexibility index (Phi) is 6.89. The number of amides is 1. The third-order valence-electron chi connectivity index (χ3n) is 4.11. The van der Waals surface area contributed by atoms with Crippen LogP contribution in [0.15, 0.2) is 36.5 Å². The fourth-order valence-electron chi connectivity index (χ4n) is 3.15. The highest BCUT2D eigenvalue weighted by Gasteiger charge is 2.35. The van der Waals surface area contributed by atoms with Gasteiger partial charge in [-0.25, -0.2) is 4.98 Å². The molecule has 1 amide bonds. The Balaban J connectivity index is 2.34. The lowest BCUT2D eigenvalue weighted by Crippen LogP contribution is -2.43. The van der Waals surface area contributed by atoms with Crippen molar-refractivity contribution in [2.24, 2.45) is 11.7 Å². The van der Waals surface area contributed by atoms with Crippen molar-refractivity contribution in [3.05, 3.63) is 42.1 Å².